The normalized spacial score (nSPS) is 10.3. The van der Waals surface area contributed by atoms with Gasteiger partial charge in [-0.05, 0) is 62.3 Å². The summed E-state index contributed by atoms with van der Waals surface area (Å²) in [5.74, 6) is 1.35. The van der Waals surface area contributed by atoms with Gasteiger partial charge >= 0.3 is 0 Å². The predicted molar refractivity (Wildman–Crippen MR) is 126 cm³/mol. The molecule has 0 spiro atoms. The second-order valence-electron chi connectivity index (χ2n) is 7.01. The van der Waals surface area contributed by atoms with Crippen LogP contribution < -0.4 is 20.7 Å². The van der Waals surface area contributed by atoms with E-state index in [2.05, 4.69) is 39.1 Å². The lowest BCUT2D eigenvalue weighted by atomic mass is 10.1. The third-order valence-electron chi connectivity index (χ3n) is 4.66. The van der Waals surface area contributed by atoms with Crippen LogP contribution in [0.15, 0.2) is 42.5 Å². The molecule has 7 heteroatoms. The van der Waals surface area contributed by atoms with Gasteiger partial charge in [0.2, 0.25) is 0 Å². The molecular formula is C23H25N5OS. The van der Waals surface area contributed by atoms with Gasteiger partial charge in [0.1, 0.15) is 17.6 Å². The maximum atomic E-state index is 9.50. The number of nitrogens with one attached hydrogen (secondary N) is 3. The molecule has 30 heavy (non-hydrogen) atoms. The van der Waals surface area contributed by atoms with Crippen molar-refractivity contribution in [2.45, 2.75) is 20.3 Å². The highest BCUT2D eigenvalue weighted by atomic mass is 32.1. The Morgan fingerprint density at radius 3 is 2.73 bits per heavy atom. The molecule has 3 N–H and O–H groups in total. The minimum absolute atomic E-state index is 0.534. The quantitative estimate of drug-likeness (QED) is 0.384. The number of nitrogens with zero attached hydrogens (tertiary/aromatic N) is 2. The number of benzene rings is 2. The lowest BCUT2D eigenvalue weighted by Gasteiger charge is -2.14. The van der Waals surface area contributed by atoms with E-state index in [1.54, 1.807) is 7.11 Å². The molecule has 0 atom stereocenters. The van der Waals surface area contributed by atoms with Gasteiger partial charge in [-0.3, -0.25) is 0 Å². The van der Waals surface area contributed by atoms with E-state index in [-0.39, 0.29) is 0 Å². The summed E-state index contributed by atoms with van der Waals surface area (Å²) in [6.45, 7) is 5.44. The second-order valence-corrected chi connectivity index (χ2v) is 7.42. The lowest BCUT2D eigenvalue weighted by Crippen LogP contribution is -2.30. The fraction of sp³-hybridized carbons (Fsp3) is 0.261. The van der Waals surface area contributed by atoms with E-state index in [4.69, 9.17) is 17.0 Å². The van der Waals surface area contributed by atoms with Crippen molar-refractivity contribution in [2.24, 2.45) is 0 Å². The van der Waals surface area contributed by atoms with Gasteiger partial charge in [-0.1, -0.05) is 23.8 Å². The molecule has 0 saturated carbocycles. The number of aryl methyl sites for hydroxylation is 2. The van der Waals surface area contributed by atoms with Gasteiger partial charge in [0, 0.05) is 18.5 Å². The number of aromatic nitrogens is 1. The van der Waals surface area contributed by atoms with Gasteiger partial charge in [-0.15, -0.1) is 0 Å². The Morgan fingerprint density at radius 2 is 1.97 bits per heavy atom. The van der Waals surface area contributed by atoms with E-state index in [9.17, 15) is 5.26 Å². The number of anilines is 2. The van der Waals surface area contributed by atoms with Crippen LogP contribution in [0.25, 0.3) is 10.9 Å². The first-order valence-electron chi connectivity index (χ1n) is 9.75. The van der Waals surface area contributed by atoms with Gasteiger partial charge in [0.05, 0.1) is 23.9 Å². The summed E-state index contributed by atoms with van der Waals surface area (Å²) in [6.07, 6.45) is 0.811. The second kappa shape index (κ2) is 9.90. The topological polar surface area (TPSA) is 82.0 Å². The van der Waals surface area contributed by atoms with Crippen LogP contribution in [-0.2, 0) is 0 Å². The summed E-state index contributed by atoms with van der Waals surface area (Å²) in [5.41, 5.74) is 4.55. The minimum atomic E-state index is 0.534. The van der Waals surface area contributed by atoms with Gasteiger partial charge in [-0.25, -0.2) is 4.98 Å². The average Bonchev–Trinajstić information content (AvgIpc) is 2.73. The Morgan fingerprint density at radius 1 is 1.17 bits per heavy atom. The van der Waals surface area contributed by atoms with Crippen molar-refractivity contribution in [1.82, 2.24) is 10.3 Å². The molecule has 3 aromatic rings. The van der Waals surface area contributed by atoms with Gasteiger partial charge in [-0.2, -0.15) is 5.26 Å². The molecule has 0 radical (unpaired) electrons. The van der Waals surface area contributed by atoms with Crippen LogP contribution in [0.5, 0.6) is 5.75 Å². The summed E-state index contributed by atoms with van der Waals surface area (Å²) in [5, 5.41) is 20.6. The maximum Gasteiger partial charge on any atom is 0.170 e. The average molecular weight is 420 g/mol. The lowest BCUT2D eigenvalue weighted by molar-refractivity contribution is 0.417. The molecular weight excluding hydrogens is 394 g/mol. The van der Waals surface area contributed by atoms with Crippen LogP contribution in [0.4, 0.5) is 11.5 Å². The Bertz CT molecular complexity index is 1110. The standard InChI is InChI=1S/C23H25N5OS/c1-15-11-16(2)21-17(12-15)13-18(14-24)22(28-21)25-9-6-10-26-23(30)27-19-7-4-5-8-20(19)29-3/h4-5,7-8,11-13H,6,9-10H2,1-3H3,(H,25,28)(H2,26,27,30). The number of methoxy groups -OCH3 is 1. The first-order chi connectivity index (χ1) is 14.5. The molecule has 1 heterocycles. The van der Waals surface area contributed by atoms with Crippen molar-refractivity contribution in [3.05, 3.63) is 59.2 Å². The van der Waals surface area contributed by atoms with Crippen LogP contribution in [-0.4, -0.2) is 30.3 Å². The first-order valence-corrected chi connectivity index (χ1v) is 10.2. The van der Waals surface area contributed by atoms with E-state index < -0.39 is 0 Å². The SMILES string of the molecule is COc1ccccc1NC(=S)NCCCNc1nc2c(C)cc(C)cc2cc1C#N. The Kier molecular flexibility index (Phi) is 7.04. The summed E-state index contributed by atoms with van der Waals surface area (Å²) >= 11 is 5.35. The minimum Gasteiger partial charge on any atom is -0.495 e. The fourth-order valence-corrected chi connectivity index (χ4v) is 3.49. The third kappa shape index (κ3) is 5.16. The number of hydrogen-bond donors (Lipinski definition) is 3. The van der Waals surface area contributed by atoms with Gasteiger partial charge < -0.3 is 20.7 Å². The van der Waals surface area contributed by atoms with Crippen LogP contribution in [0, 0.1) is 25.2 Å². The number of ether oxygens (including phenoxy) is 1. The molecule has 0 amide bonds. The molecule has 0 aliphatic heterocycles. The van der Waals surface area contributed by atoms with Crippen molar-refractivity contribution < 1.29 is 4.74 Å². The number of rotatable bonds is 7. The summed E-state index contributed by atoms with van der Waals surface area (Å²) < 4.78 is 5.31. The van der Waals surface area contributed by atoms with E-state index in [1.807, 2.05) is 44.2 Å². The molecule has 6 nitrogen and oxygen atoms in total. The number of thiocarbonyl (C=S) groups is 1. The van der Waals surface area contributed by atoms with Crippen molar-refractivity contribution in [2.75, 3.05) is 30.8 Å². The molecule has 2 aromatic carbocycles. The van der Waals surface area contributed by atoms with E-state index in [1.165, 1.54) is 0 Å². The van der Waals surface area contributed by atoms with E-state index >= 15 is 0 Å². The molecule has 3 rings (SSSR count). The Labute approximate surface area is 182 Å². The van der Waals surface area contributed by atoms with Crippen molar-refractivity contribution in [1.29, 1.82) is 5.26 Å². The molecule has 0 aliphatic rings. The van der Waals surface area contributed by atoms with E-state index in [0.717, 1.165) is 39.9 Å². The van der Waals surface area contributed by atoms with Crippen LogP contribution in [0.1, 0.15) is 23.1 Å². The third-order valence-corrected chi connectivity index (χ3v) is 4.91. The Balaban J connectivity index is 1.53. The van der Waals surface area contributed by atoms with Gasteiger partial charge in [0.15, 0.2) is 5.11 Å². The summed E-state index contributed by atoms with van der Waals surface area (Å²) in [7, 11) is 1.63. The molecule has 0 saturated heterocycles. The van der Waals surface area contributed by atoms with Crippen LogP contribution in [0.3, 0.4) is 0 Å². The largest absolute Gasteiger partial charge is 0.495 e. The summed E-state index contributed by atoms with van der Waals surface area (Å²) in [6, 6.07) is 15.9. The van der Waals surface area contributed by atoms with E-state index in [0.29, 0.717) is 29.6 Å². The van der Waals surface area contributed by atoms with Crippen LogP contribution >= 0.6 is 12.2 Å². The van der Waals surface area contributed by atoms with Crippen molar-refractivity contribution in [3.63, 3.8) is 0 Å². The number of hydrogen-bond acceptors (Lipinski definition) is 5. The van der Waals surface area contributed by atoms with Gasteiger partial charge in [0.25, 0.3) is 0 Å². The molecule has 154 valence electrons. The zero-order valence-electron chi connectivity index (χ0n) is 17.4. The molecule has 0 bridgehead atoms. The number of nitriles is 1. The molecule has 0 aliphatic carbocycles. The number of fused-ring (bicyclic) bond motifs is 1. The number of para-hydroxylation sites is 2. The zero-order valence-corrected chi connectivity index (χ0v) is 18.2. The van der Waals surface area contributed by atoms with Crippen molar-refractivity contribution >= 4 is 39.7 Å². The first kappa shape index (κ1) is 21.3. The highest BCUT2D eigenvalue weighted by Crippen LogP contribution is 2.24. The Hall–Kier alpha value is -3.37. The smallest absolute Gasteiger partial charge is 0.170 e. The fourth-order valence-electron chi connectivity index (χ4n) is 3.28. The molecule has 0 fully saturated rings. The highest BCUT2D eigenvalue weighted by molar-refractivity contribution is 7.80. The predicted octanol–water partition coefficient (Wildman–Crippen LogP) is 4.52. The highest BCUT2D eigenvalue weighted by Gasteiger charge is 2.09. The maximum absolute atomic E-state index is 9.50. The number of pyridine rings is 1. The van der Waals surface area contributed by atoms with Crippen molar-refractivity contribution in [3.8, 4) is 11.8 Å². The monoisotopic (exact) mass is 419 g/mol. The molecule has 0 unspecified atom stereocenters. The summed E-state index contributed by atoms with van der Waals surface area (Å²) in [4.78, 5) is 4.69. The molecule has 1 aromatic heterocycles. The zero-order chi connectivity index (χ0) is 21.5. The van der Waals surface area contributed by atoms with Crippen LogP contribution in [0.2, 0.25) is 0 Å².